The Morgan fingerprint density at radius 1 is 1.75 bits per heavy atom. The molecule has 0 unspecified atom stereocenters. The predicted octanol–water partition coefficient (Wildman–Crippen LogP) is 1.28. The van der Waals surface area contributed by atoms with Crippen LogP contribution in [0.5, 0.6) is 5.88 Å². The molecule has 12 heavy (non-hydrogen) atoms. The fourth-order valence-corrected chi connectivity index (χ4v) is 1.05. The first-order valence-electron chi connectivity index (χ1n) is 3.68. The number of nitrogens with one attached hydrogen (secondary N) is 1. The van der Waals surface area contributed by atoms with Crippen molar-refractivity contribution in [3.05, 3.63) is 17.3 Å². The molecule has 0 radical (unpaired) electrons. The maximum Gasteiger partial charge on any atom is 0.352 e. The number of ether oxygens (including phenoxy) is 1. The van der Waals surface area contributed by atoms with Crippen LogP contribution in [0.15, 0.2) is 6.07 Å². The van der Waals surface area contributed by atoms with Gasteiger partial charge >= 0.3 is 5.97 Å². The minimum atomic E-state index is -0.949. The number of aryl methyl sites for hydroxylation is 1. The molecule has 0 spiro atoms. The molecule has 0 aliphatic heterocycles. The second-order valence-corrected chi connectivity index (χ2v) is 2.40. The number of carbonyl (C=O) groups is 1. The van der Waals surface area contributed by atoms with Gasteiger partial charge in [-0.15, -0.1) is 0 Å². The highest BCUT2D eigenvalue weighted by molar-refractivity contribution is 5.87. The zero-order valence-corrected chi connectivity index (χ0v) is 7.05. The van der Waals surface area contributed by atoms with E-state index in [0.717, 1.165) is 5.56 Å². The van der Waals surface area contributed by atoms with Gasteiger partial charge in [-0.25, -0.2) is 4.79 Å². The molecule has 1 aromatic heterocycles. The summed E-state index contributed by atoms with van der Waals surface area (Å²) in [5.74, 6) is -0.459. The number of carboxylic acid groups (broad SMARTS) is 1. The Hall–Kier alpha value is -1.45. The molecule has 1 rings (SSSR count). The van der Waals surface area contributed by atoms with Gasteiger partial charge < -0.3 is 14.8 Å². The maximum atomic E-state index is 10.6. The van der Waals surface area contributed by atoms with E-state index in [-0.39, 0.29) is 5.69 Å². The molecule has 66 valence electrons. The predicted molar refractivity (Wildman–Crippen MR) is 43.7 cm³/mol. The summed E-state index contributed by atoms with van der Waals surface area (Å²) < 4.78 is 4.87. The normalized spacial score (nSPS) is 9.83. The van der Waals surface area contributed by atoms with Gasteiger partial charge in [0.1, 0.15) is 5.69 Å². The van der Waals surface area contributed by atoms with Crippen molar-refractivity contribution in [2.24, 2.45) is 0 Å². The second-order valence-electron chi connectivity index (χ2n) is 2.40. The van der Waals surface area contributed by atoms with E-state index < -0.39 is 5.97 Å². The van der Waals surface area contributed by atoms with Crippen molar-refractivity contribution >= 4 is 5.97 Å². The van der Waals surface area contributed by atoms with Crippen LogP contribution in [0.25, 0.3) is 0 Å². The van der Waals surface area contributed by atoms with Gasteiger partial charge in [-0.3, -0.25) is 0 Å². The van der Waals surface area contributed by atoms with Crippen molar-refractivity contribution in [3.8, 4) is 5.88 Å². The summed E-state index contributed by atoms with van der Waals surface area (Å²) in [6, 6.07) is 1.70. The van der Waals surface area contributed by atoms with Crippen LogP contribution in [-0.4, -0.2) is 23.2 Å². The van der Waals surface area contributed by atoms with Gasteiger partial charge in [0.25, 0.3) is 0 Å². The van der Waals surface area contributed by atoms with Crippen LogP contribution in [0.1, 0.15) is 23.0 Å². The van der Waals surface area contributed by atoms with E-state index in [4.69, 9.17) is 9.84 Å². The average Bonchev–Trinajstić information content (AvgIpc) is 2.47. The van der Waals surface area contributed by atoms with E-state index in [1.54, 1.807) is 6.07 Å². The maximum absolute atomic E-state index is 10.6. The highest BCUT2D eigenvalue weighted by Crippen LogP contribution is 2.16. The Labute approximate surface area is 70.2 Å². The molecule has 0 fully saturated rings. The number of carboxylic acids is 1. The van der Waals surface area contributed by atoms with Gasteiger partial charge in [0.15, 0.2) is 5.88 Å². The first kappa shape index (κ1) is 8.64. The quantitative estimate of drug-likeness (QED) is 0.716. The van der Waals surface area contributed by atoms with E-state index in [2.05, 4.69) is 4.98 Å². The lowest BCUT2D eigenvalue weighted by atomic mass is 10.2. The van der Waals surface area contributed by atoms with Crippen molar-refractivity contribution in [1.82, 2.24) is 4.98 Å². The molecular weight excluding hydrogens is 158 g/mol. The van der Waals surface area contributed by atoms with E-state index >= 15 is 0 Å². The summed E-state index contributed by atoms with van der Waals surface area (Å²) in [4.78, 5) is 13.3. The number of aromatic amines is 1. The number of methoxy groups -OCH3 is 1. The Kier molecular flexibility index (Phi) is 2.38. The molecule has 0 aromatic carbocycles. The summed E-state index contributed by atoms with van der Waals surface area (Å²) >= 11 is 0. The lowest BCUT2D eigenvalue weighted by molar-refractivity contribution is 0.0689. The van der Waals surface area contributed by atoms with E-state index in [1.165, 1.54) is 7.11 Å². The van der Waals surface area contributed by atoms with Crippen LogP contribution >= 0.6 is 0 Å². The summed E-state index contributed by atoms with van der Waals surface area (Å²) in [7, 11) is 1.50. The van der Waals surface area contributed by atoms with Crippen LogP contribution in [0.2, 0.25) is 0 Å². The monoisotopic (exact) mass is 169 g/mol. The molecule has 1 heterocycles. The molecule has 0 bridgehead atoms. The number of rotatable bonds is 3. The van der Waals surface area contributed by atoms with Gasteiger partial charge in [0, 0.05) is 6.07 Å². The summed E-state index contributed by atoms with van der Waals surface area (Å²) in [6.45, 7) is 1.90. The van der Waals surface area contributed by atoms with E-state index in [9.17, 15) is 4.79 Å². The minimum Gasteiger partial charge on any atom is -0.482 e. The number of hydrogen-bond acceptors (Lipinski definition) is 2. The highest BCUT2D eigenvalue weighted by atomic mass is 16.5. The lowest BCUT2D eigenvalue weighted by Crippen LogP contribution is -2.00. The first-order chi connectivity index (χ1) is 5.69. The minimum absolute atomic E-state index is 0.217. The number of H-pyrrole nitrogens is 1. The molecular formula is C8H11NO3. The number of aromatic nitrogens is 1. The smallest absolute Gasteiger partial charge is 0.352 e. The van der Waals surface area contributed by atoms with Gasteiger partial charge in [-0.1, -0.05) is 6.92 Å². The van der Waals surface area contributed by atoms with Gasteiger partial charge in [0.2, 0.25) is 0 Å². The summed E-state index contributed by atoms with van der Waals surface area (Å²) in [5.41, 5.74) is 0.980. The van der Waals surface area contributed by atoms with Crippen LogP contribution < -0.4 is 4.74 Å². The number of aromatic carboxylic acids is 1. The summed E-state index contributed by atoms with van der Waals surface area (Å²) in [5, 5.41) is 8.72. The van der Waals surface area contributed by atoms with Crippen LogP contribution in [-0.2, 0) is 6.42 Å². The zero-order chi connectivity index (χ0) is 9.14. The summed E-state index contributed by atoms with van der Waals surface area (Å²) in [6.07, 6.45) is 0.682. The van der Waals surface area contributed by atoms with Gasteiger partial charge in [0.05, 0.1) is 7.11 Å². The molecule has 4 heteroatoms. The Morgan fingerprint density at radius 3 is 2.75 bits per heavy atom. The fourth-order valence-electron chi connectivity index (χ4n) is 1.05. The van der Waals surface area contributed by atoms with Gasteiger partial charge in [-0.05, 0) is 12.0 Å². The van der Waals surface area contributed by atoms with Crippen molar-refractivity contribution in [2.45, 2.75) is 13.3 Å². The molecule has 0 aliphatic carbocycles. The molecule has 4 nitrogen and oxygen atoms in total. The van der Waals surface area contributed by atoms with E-state index in [0.29, 0.717) is 12.3 Å². The third kappa shape index (κ3) is 1.42. The Bertz CT molecular complexity index is 290. The van der Waals surface area contributed by atoms with Crippen molar-refractivity contribution in [1.29, 1.82) is 0 Å². The molecule has 0 amide bonds. The topological polar surface area (TPSA) is 62.3 Å². The second kappa shape index (κ2) is 3.30. The van der Waals surface area contributed by atoms with Crippen LogP contribution in [0.4, 0.5) is 0 Å². The van der Waals surface area contributed by atoms with Crippen molar-refractivity contribution < 1.29 is 14.6 Å². The molecule has 0 saturated heterocycles. The van der Waals surface area contributed by atoms with Crippen LogP contribution in [0.3, 0.4) is 0 Å². The fraction of sp³-hybridized carbons (Fsp3) is 0.375. The third-order valence-electron chi connectivity index (χ3n) is 1.69. The molecule has 1 aromatic rings. The average molecular weight is 169 g/mol. The lowest BCUT2D eigenvalue weighted by Gasteiger charge is -1.92. The van der Waals surface area contributed by atoms with Gasteiger partial charge in [-0.2, -0.15) is 0 Å². The number of hydrogen-bond donors (Lipinski definition) is 2. The van der Waals surface area contributed by atoms with E-state index in [1.807, 2.05) is 6.92 Å². The molecule has 0 saturated carbocycles. The first-order valence-corrected chi connectivity index (χ1v) is 3.68. The molecule has 2 N–H and O–H groups in total. The third-order valence-corrected chi connectivity index (χ3v) is 1.69. The zero-order valence-electron chi connectivity index (χ0n) is 7.05. The van der Waals surface area contributed by atoms with Crippen molar-refractivity contribution in [3.63, 3.8) is 0 Å². The van der Waals surface area contributed by atoms with Crippen molar-refractivity contribution in [2.75, 3.05) is 7.11 Å². The molecule has 0 atom stereocenters. The Balaban J connectivity index is 3.08. The van der Waals surface area contributed by atoms with Crippen LogP contribution in [0, 0.1) is 0 Å². The molecule has 0 aliphatic rings. The largest absolute Gasteiger partial charge is 0.482 e. The Morgan fingerprint density at radius 2 is 2.42 bits per heavy atom. The standard InChI is InChI=1S/C8H11NO3/c1-3-5-4-6(12-2)9-7(5)8(10)11/h4,9H,3H2,1-2H3,(H,10,11). The highest BCUT2D eigenvalue weighted by Gasteiger charge is 2.12. The SMILES string of the molecule is CCc1cc(OC)[nH]c1C(=O)O.